The van der Waals surface area contributed by atoms with Crippen molar-refractivity contribution in [3.63, 3.8) is 0 Å². The molecule has 1 N–H and O–H groups in total. The van der Waals surface area contributed by atoms with E-state index in [4.69, 9.17) is 23.2 Å². The van der Waals surface area contributed by atoms with Gasteiger partial charge in [0, 0.05) is 6.54 Å². The largest absolute Gasteiger partial charge is 0.354 e. The second kappa shape index (κ2) is 5.07. The molecule has 0 amide bonds. The summed E-state index contributed by atoms with van der Waals surface area (Å²) in [5.74, 6) is 0.759. The van der Waals surface area contributed by atoms with Crippen molar-refractivity contribution in [3.8, 4) is 5.95 Å². The van der Waals surface area contributed by atoms with Crippen molar-refractivity contribution < 1.29 is 0 Å². The molecule has 0 radical (unpaired) electrons. The fourth-order valence-electron chi connectivity index (χ4n) is 1.49. The Morgan fingerprint density at radius 3 is 2.44 bits per heavy atom. The molecule has 0 aliphatic heterocycles. The number of aromatic nitrogens is 5. The molecular formula is C10H12Cl2N6. The topological polar surface area (TPSA) is 68.5 Å². The molecule has 0 aliphatic carbocycles. The molecule has 6 nitrogen and oxygen atoms in total. The highest BCUT2D eigenvalue weighted by molar-refractivity contribution is 6.31. The molecular weight excluding hydrogens is 275 g/mol. The Bertz CT molecular complexity index is 580. The van der Waals surface area contributed by atoms with Crippen LogP contribution in [0.4, 0.5) is 5.95 Å². The van der Waals surface area contributed by atoms with Gasteiger partial charge >= 0.3 is 0 Å². The van der Waals surface area contributed by atoms with Crippen LogP contribution in [0.15, 0.2) is 0 Å². The monoisotopic (exact) mass is 286 g/mol. The highest BCUT2D eigenvalue weighted by Crippen LogP contribution is 2.21. The van der Waals surface area contributed by atoms with E-state index in [1.807, 2.05) is 20.8 Å². The maximum atomic E-state index is 6.09. The molecule has 2 heterocycles. The van der Waals surface area contributed by atoms with Crippen molar-refractivity contribution in [1.82, 2.24) is 24.7 Å². The predicted octanol–water partition coefficient (Wildman–Crippen LogP) is 2.41. The second-order valence-electron chi connectivity index (χ2n) is 3.65. The standard InChI is InChI=1S/C10H12Cl2N6/c1-4-13-9-14-8(12)15-10(16-9)18-6(3)7(11)5(2)17-18/h4H2,1-3H3,(H,13,14,15,16). The van der Waals surface area contributed by atoms with Crippen LogP contribution < -0.4 is 5.32 Å². The Morgan fingerprint density at radius 1 is 1.17 bits per heavy atom. The molecule has 96 valence electrons. The summed E-state index contributed by atoms with van der Waals surface area (Å²) in [4.78, 5) is 12.2. The lowest BCUT2D eigenvalue weighted by atomic mass is 10.4. The zero-order valence-corrected chi connectivity index (χ0v) is 11.7. The van der Waals surface area contributed by atoms with Gasteiger partial charge in [0.2, 0.25) is 11.2 Å². The summed E-state index contributed by atoms with van der Waals surface area (Å²) in [6.45, 7) is 6.29. The van der Waals surface area contributed by atoms with Crippen LogP contribution in [-0.4, -0.2) is 31.3 Å². The lowest BCUT2D eigenvalue weighted by molar-refractivity contribution is 0.765. The van der Waals surface area contributed by atoms with Crippen LogP contribution in [0.5, 0.6) is 0 Å². The number of rotatable bonds is 3. The molecule has 0 spiro atoms. The van der Waals surface area contributed by atoms with Crippen molar-refractivity contribution in [2.24, 2.45) is 0 Å². The fourth-order valence-corrected chi connectivity index (χ4v) is 1.76. The number of nitrogens with one attached hydrogen (secondary N) is 1. The molecule has 0 fully saturated rings. The van der Waals surface area contributed by atoms with E-state index in [0.717, 1.165) is 11.4 Å². The van der Waals surface area contributed by atoms with E-state index in [-0.39, 0.29) is 5.28 Å². The van der Waals surface area contributed by atoms with E-state index in [9.17, 15) is 0 Å². The van der Waals surface area contributed by atoms with Gasteiger partial charge in [0.15, 0.2) is 0 Å². The quantitative estimate of drug-likeness (QED) is 0.938. The number of hydrogen-bond acceptors (Lipinski definition) is 5. The minimum atomic E-state index is 0.111. The Kier molecular flexibility index (Phi) is 3.68. The number of nitrogens with zero attached hydrogens (tertiary/aromatic N) is 5. The summed E-state index contributed by atoms with van der Waals surface area (Å²) in [5, 5.41) is 7.95. The normalized spacial score (nSPS) is 10.7. The summed E-state index contributed by atoms with van der Waals surface area (Å²) in [6, 6.07) is 0. The lowest BCUT2D eigenvalue weighted by Crippen LogP contribution is -2.10. The zero-order chi connectivity index (χ0) is 13.3. The Balaban J connectivity index is 2.52. The summed E-state index contributed by atoms with van der Waals surface area (Å²) >= 11 is 11.9. The smallest absolute Gasteiger partial charge is 0.256 e. The van der Waals surface area contributed by atoms with Crippen LogP contribution in [0.1, 0.15) is 18.3 Å². The lowest BCUT2D eigenvalue weighted by Gasteiger charge is -2.05. The summed E-state index contributed by atoms with van der Waals surface area (Å²) in [5.41, 5.74) is 1.48. The highest BCUT2D eigenvalue weighted by Gasteiger charge is 2.14. The maximum absolute atomic E-state index is 6.09. The molecule has 0 saturated heterocycles. The van der Waals surface area contributed by atoms with Crippen molar-refractivity contribution in [2.75, 3.05) is 11.9 Å². The Hall–Kier alpha value is -1.40. The predicted molar refractivity (Wildman–Crippen MR) is 70.6 cm³/mol. The first kappa shape index (κ1) is 13.0. The van der Waals surface area contributed by atoms with Gasteiger partial charge in [-0.25, -0.2) is 4.68 Å². The van der Waals surface area contributed by atoms with Gasteiger partial charge in [-0.2, -0.15) is 20.1 Å². The third kappa shape index (κ3) is 2.39. The van der Waals surface area contributed by atoms with E-state index in [2.05, 4.69) is 25.4 Å². The van der Waals surface area contributed by atoms with Gasteiger partial charge in [0.25, 0.3) is 5.95 Å². The second-order valence-corrected chi connectivity index (χ2v) is 4.37. The van der Waals surface area contributed by atoms with Gasteiger partial charge in [0.05, 0.1) is 16.4 Å². The van der Waals surface area contributed by atoms with Crippen LogP contribution in [0, 0.1) is 13.8 Å². The minimum absolute atomic E-state index is 0.111. The average molecular weight is 287 g/mol. The van der Waals surface area contributed by atoms with Gasteiger partial charge in [-0.1, -0.05) is 11.6 Å². The molecule has 0 saturated carbocycles. The zero-order valence-electron chi connectivity index (χ0n) is 10.2. The molecule has 0 aliphatic rings. The van der Waals surface area contributed by atoms with Gasteiger partial charge < -0.3 is 5.32 Å². The minimum Gasteiger partial charge on any atom is -0.354 e. The van der Waals surface area contributed by atoms with Crippen LogP contribution in [0.3, 0.4) is 0 Å². The van der Waals surface area contributed by atoms with Crippen molar-refractivity contribution >= 4 is 29.2 Å². The summed E-state index contributed by atoms with van der Waals surface area (Å²) in [7, 11) is 0. The van der Waals surface area contributed by atoms with Crippen LogP contribution in [-0.2, 0) is 0 Å². The number of aryl methyl sites for hydroxylation is 1. The summed E-state index contributed by atoms with van der Waals surface area (Å²) in [6.07, 6.45) is 0. The first-order valence-electron chi connectivity index (χ1n) is 5.40. The molecule has 18 heavy (non-hydrogen) atoms. The number of anilines is 1. The summed E-state index contributed by atoms with van der Waals surface area (Å²) < 4.78 is 1.55. The van der Waals surface area contributed by atoms with Crippen molar-refractivity contribution in [2.45, 2.75) is 20.8 Å². The van der Waals surface area contributed by atoms with Crippen LogP contribution >= 0.6 is 23.2 Å². The molecule has 8 heteroatoms. The molecule has 0 aromatic carbocycles. The molecule has 2 aromatic heterocycles. The Labute approximate surface area is 114 Å². The number of hydrogen-bond donors (Lipinski definition) is 1. The molecule has 2 aromatic rings. The van der Waals surface area contributed by atoms with Crippen LogP contribution in [0.25, 0.3) is 5.95 Å². The molecule has 0 bridgehead atoms. The van der Waals surface area contributed by atoms with E-state index in [1.165, 1.54) is 0 Å². The SMILES string of the molecule is CCNc1nc(Cl)nc(-n2nc(C)c(Cl)c2C)n1. The van der Waals surface area contributed by atoms with E-state index < -0.39 is 0 Å². The van der Waals surface area contributed by atoms with Crippen molar-refractivity contribution in [1.29, 1.82) is 0 Å². The van der Waals surface area contributed by atoms with E-state index >= 15 is 0 Å². The molecule has 0 atom stereocenters. The third-order valence-corrected chi connectivity index (χ3v) is 3.04. The molecule has 0 unspecified atom stereocenters. The highest BCUT2D eigenvalue weighted by atomic mass is 35.5. The van der Waals surface area contributed by atoms with Crippen molar-refractivity contribution in [3.05, 3.63) is 21.7 Å². The molecule has 2 rings (SSSR count). The Morgan fingerprint density at radius 2 is 1.89 bits per heavy atom. The number of halogens is 2. The fraction of sp³-hybridized carbons (Fsp3) is 0.400. The van der Waals surface area contributed by atoms with E-state index in [0.29, 0.717) is 23.5 Å². The van der Waals surface area contributed by atoms with Gasteiger partial charge in [-0.15, -0.1) is 0 Å². The maximum Gasteiger partial charge on any atom is 0.256 e. The first-order chi connectivity index (χ1) is 8.52. The van der Waals surface area contributed by atoms with Gasteiger partial charge in [0.1, 0.15) is 0 Å². The first-order valence-corrected chi connectivity index (χ1v) is 6.16. The average Bonchev–Trinajstić information content (AvgIpc) is 2.57. The van der Waals surface area contributed by atoms with Gasteiger partial charge in [-0.3, -0.25) is 0 Å². The van der Waals surface area contributed by atoms with E-state index in [1.54, 1.807) is 4.68 Å². The van der Waals surface area contributed by atoms with Crippen LogP contribution in [0.2, 0.25) is 10.3 Å². The third-order valence-electron chi connectivity index (χ3n) is 2.32. The van der Waals surface area contributed by atoms with Gasteiger partial charge in [-0.05, 0) is 32.4 Å².